The summed E-state index contributed by atoms with van der Waals surface area (Å²) < 4.78 is 0. The first-order chi connectivity index (χ1) is 7.63. The maximum Gasteiger partial charge on any atom is 0.0991 e. The average molecular weight is 216 g/mol. The van der Waals surface area contributed by atoms with Crippen molar-refractivity contribution in [1.82, 2.24) is 5.32 Å². The molecule has 1 aromatic rings. The van der Waals surface area contributed by atoms with Gasteiger partial charge in [-0.15, -0.1) is 0 Å². The van der Waals surface area contributed by atoms with Crippen molar-refractivity contribution in [2.75, 3.05) is 0 Å². The van der Waals surface area contributed by atoms with Crippen molar-refractivity contribution in [3.05, 3.63) is 35.4 Å². The van der Waals surface area contributed by atoms with Gasteiger partial charge in [-0.05, 0) is 37.5 Å². The van der Waals surface area contributed by atoms with Crippen molar-refractivity contribution in [3.63, 3.8) is 0 Å². The van der Waals surface area contributed by atoms with Crippen LogP contribution < -0.4 is 5.32 Å². The molecule has 2 nitrogen and oxygen atoms in total. The third-order valence-corrected chi connectivity index (χ3v) is 3.36. The first kappa shape index (κ1) is 12.7. The average Bonchev–Trinajstić information content (AvgIpc) is 2.36. The van der Waals surface area contributed by atoms with E-state index in [0.717, 1.165) is 24.9 Å². The van der Waals surface area contributed by atoms with E-state index in [2.05, 4.69) is 32.2 Å². The lowest BCUT2D eigenvalue weighted by molar-refractivity contribution is 0.329. The number of nitrogens with one attached hydrogen (secondary N) is 1. The second-order valence-corrected chi connectivity index (χ2v) is 4.43. The lowest BCUT2D eigenvalue weighted by Gasteiger charge is -2.28. The molecule has 0 fully saturated rings. The molecule has 0 bridgehead atoms. The van der Waals surface area contributed by atoms with Gasteiger partial charge in [-0.1, -0.05) is 26.0 Å². The zero-order valence-electron chi connectivity index (χ0n) is 10.4. The second-order valence-electron chi connectivity index (χ2n) is 4.43. The minimum absolute atomic E-state index is 0.216. The van der Waals surface area contributed by atoms with Crippen LogP contribution in [0.1, 0.15) is 44.7 Å². The summed E-state index contributed by atoms with van der Waals surface area (Å²) in [5, 5.41) is 12.3. The van der Waals surface area contributed by atoms with Crippen molar-refractivity contribution in [2.45, 2.75) is 45.7 Å². The van der Waals surface area contributed by atoms with Gasteiger partial charge in [-0.3, -0.25) is 0 Å². The molecule has 1 N–H and O–H groups in total. The van der Waals surface area contributed by atoms with E-state index in [-0.39, 0.29) is 5.54 Å². The van der Waals surface area contributed by atoms with Gasteiger partial charge >= 0.3 is 0 Å². The van der Waals surface area contributed by atoms with Gasteiger partial charge in [0.1, 0.15) is 0 Å². The van der Waals surface area contributed by atoms with Crippen LogP contribution in [0.3, 0.4) is 0 Å². The van der Waals surface area contributed by atoms with Gasteiger partial charge in [0.05, 0.1) is 11.6 Å². The van der Waals surface area contributed by atoms with Gasteiger partial charge in [-0.2, -0.15) is 5.26 Å². The normalized spacial score (nSPS) is 11.1. The summed E-state index contributed by atoms with van der Waals surface area (Å²) in [7, 11) is 0. The number of hydrogen-bond donors (Lipinski definition) is 1. The third kappa shape index (κ3) is 3.36. The third-order valence-electron chi connectivity index (χ3n) is 3.36. The first-order valence-corrected chi connectivity index (χ1v) is 5.87. The largest absolute Gasteiger partial charge is 0.307 e. The Morgan fingerprint density at radius 1 is 1.19 bits per heavy atom. The molecule has 16 heavy (non-hydrogen) atoms. The van der Waals surface area contributed by atoms with Crippen LogP contribution in [0.15, 0.2) is 24.3 Å². The Labute approximate surface area is 98.3 Å². The van der Waals surface area contributed by atoms with Crippen molar-refractivity contribution >= 4 is 0 Å². The maximum atomic E-state index is 8.70. The van der Waals surface area contributed by atoms with Crippen LogP contribution in [-0.4, -0.2) is 5.54 Å². The van der Waals surface area contributed by atoms with Crippen LogP contribution >= 0.6 is 0 Å². The van der Waals surface area contributed by atoms with E-state index in [0.29, 0.717) is 0 Å². The zero-order chi connectivity index (χ0) is 12.0. The molecule has 0 aliphatic heterocycles. The van der Waals surface area contributed by atoms with E-state index < -0.39 is 0 Å². The van der Waals surface area contributed by atoms with Gasteiger partial charge in [0.15, 0.2) is 0 Å². The minimum atomic E-state index is 0.216. The number of nitrogens with zero attached hydrogens (tertiary/aromatic N) is 1. The number of rotatable bonds is 5. The summed E-state index contributed by atoms with van der Waals surface area (Å²) in [6, 6.07) is 9.89. The summed E-state index contributed by atoms with van der Waals surface area (Å²) in [4.78, 5) is 0. The number of benzene rings is 1. The van der Waals surface area contributed by atoms with E-state index >= 15 is 0 Å². The molecule has 0 radical (unpaired) electrons. The lowest BCUT2D eigenvalue weighted by Crippen LogP contribution is -2.40. The maximum absolute atomic E-state index is 8.70. The van der Waals surface area contributed by atoms with E-state index in [1.165, 1.54) is 5.56 Å². The molecule has 0 amide bonds. The van der Waals surface area contributed by atoms with Gasteiger partial charge in [0.2, 0.25) is 0 Å². The highest BCUT2D eigenvalue weighted by atomic mass is 15.0. The fourth-order valence-corrected chi connectivity index (χ4v) is 1.51. The highest BCUT2D eigenvalue weighted by Crippen LogP contribution is 2.14. The molecule has 0 atom stereocenters. The summed E-state index contributed by atoms with van der Waals surface area (Å²) >= 11 is 0. The van der Waals surface area contributed by atoms with E-state index in [4.69, 9.17) is 5.26 Å². The lowest BCUT2D eigenvalue weighted by atomic mass is 9.95. The van der Waals surface area contributed by atoms with Crippen LogP contribution in [-0.2, 0) is 6.54 Å². The van der Waals surface area contributed by atoms with Crippen LogP contribution in [0, 0.1) is 11.3 Å². The topological polar surface area (TPSA) is 35.8 Å². The second kappa shape index (κ2) is 5.67. The van der Waals surface area contributed by atoms with Gasteiger partial charge in [-0.25, -0.2) is 0 Å². The predicted molar refractivity (Wildman–Crippen MR) is 67.0 cm³/mol. The molecule has 0 aromatic heterocycles. The van der Waals surface area contributed by atoms with Crippen molar-refractivity contribution < 1.29 is 0 Å². The fourth-order valence-electron chi connectivity index (χ4n) is 1.51. The van der Waals surface area contributed by atoms with Crippen molar-refractivity contribution in [2.24, 2.45) is 0 Å². The minimum Gasteiger partial charge on any atom is -0.307 e. The van der Waals surface area contributed by atoms with Gasteiger partial charge < -0.3 is 5.32 Å². The van der Waals surface area contributed by atoms with Crippen LogP contribution in [0.2, 0.25) is 0 Å². The van der Waals surface area contributed by atoms with Gasteiger partial charge in [0.25, 0.3) is 0 Å². The molecule has 0 unspecified atom stereocenters. The van der Waals surface area contributed by atoms with Crippen LogP contribution in [0.25, 0.3) is 0 Å². The fraction of sp³-hybridized carbons (Fsp3) is 0.500. The molecular weight excluding hydrogens is 196 g/mol. The molecule has 1 aromatic carbocycles. The SMILES string of the molecule is CCC(C)(CC)NCc1ccc(C#N)cc1. The van der Waals surface area contributed by atoms with Crippen molar-refractivity contribution in [3.8, 4) is 6.07 Å². The van der Waals surface area contributed by atoms with Crippen LogP contribution in [0.5, 0.6) is 0 Å². The molecule has 0 saturated carbocycles. The summed E-state index contributed by atoms with van der Waals surface area (Å²) in [5.74, 6) is 0. The Hall–Kier alpha value is -1.33. The van der Waals surface area contributed by atoms with E-state index in [1.807, 2.05) is 24.3 Å². The quantitative estimate of drug-likeness (QED) is 0.820. The Balaban J connectivity index is 2.58. The number of nitriles is 1. The highest BCUT2D eigenvalue weighted by molar-refractivity contribution is 5.31. The highest BCUT2D eigenvalue weighted by Gasteiger charge is 2.17. The summed E-state index contributed by atoms with van der Waals surface area (Å²) in [6.07, 6.45) is 2.25. The number of hydrogen-bond acceptors (Lipinski definition) is 2. The van der Waals surface area contributed by atoms with Gasteiger partial charge in [0, 0.05) is 12.1 Å². The van der Waals surface area contributed by atoms with E-state index in [9.17, 15) is 0 Å². The molecule has 0 heterocycles. The molecule has 0 aliphatic rings. The zero-order valence-corrected chi connectivity index (χ0v) is 10.4. The molecule has 0 aliphatic carbocycles. The van der Waals surface area contributed by atoms with Crippen LogP contribution in [0.4, 0.5) is 0 Å². The molecule has 2 heteroatoms. The molecule has 0 saturated heterocycles. The standard InChI is InChI=1S/C14H20N2/c1-4-14(3,5-2)16-11-13-8-6-12(10-15)7-9-13/h6-9,16H,4-5,11H2,1-3H3. The molecule has 0 spiro atoms. The molecule has 1 rings (SSSR count). The monoisotopic (exact) mass is 216 g/mol. The predicted octanol–water partition coefficient (Wildman–Crippen LogP) is 3.23. The Morgan fingerprint density at radius 2 is 1.75 bits per heavy atom. The summed E-state index contributed by atoms with van der Waals surface area (Å²) in [5.41, 5.74) is 2.16. The molecular formula is C14H20N2. The Morgan fingerprint density at radius 3 is 2.19 bits per heavy atom. The smallest absolute Gasteiger partial charge is 0.0991 e. The van der Waals surface area contributed by atoms with E-state index in [1.54, 1.807) is 0 Å². The Kier molecular flexibility index (Phi) is 4.52. The summed E-state index contributed by atoms with van der Waals surface area (Å²) in [6.45, 7) is 7.52. The Bertz CT molecular complexity index is 355. The molecule has 86 valence electrons. The van der Waals surface area contributed by atoms with Crippen molar-refractivity contribution in [1.29, 1.82) is 5.26 Å². The first-order valence-electron chi connectivity index (χ1n) is 5.87.